The Labute approximate surface area is 131 Å². The van der Waals surface area contributed by atoms with E-state index in [-0.39, 0.29) is 24.2 Å². The topological polar surface area (TPSA) is 47.2 Å². The normalized spacial score (nSPS) is 12.8. The van der Waals surface area contributed by atoms with Gasteiger partial charge in [-0.15, -0.1) is 0 Å². The number of carbonyl (C=O) groups is 1. The van der Waals surface area contributed by atoms with Gasteiger partial charge in [-0.05, 0) is 31.4 Å². The van der Waals surface area contributed by atoms with E-state index in [0.717, 1.165) is 17.5 Å². The van der Waals surface area contributed by atoms with Crippen molar-refractivity contribution in [2.75, 3.05) is 7.05 Å². The summed E-state index contributed by atoms with van der Waals surface area (Å²) in [6.45, 7) is 6.41. The van der Waals surface area contributed by atoms with Gasteiger partial charge in [0.1, 0.15) is 6.54 Å². The Hall–Kier alpha value is -2.04. The molecule has 0 saturated carbocycles. The van der Waals surface area contributed by atoms with Gasteiger partial charge >= 0.3 is 5.69 Å². The summed E-state index contributed by atoms with van der Waals surface area (Å²) in [7, 11) is 3.54. The maximum atomic E-state index is 12.5. The number of benzene rings is 1. The standard InChI is InChI=1S/C17H25N3O2/c1-12(2)10-13(3)18(4)16(21)11-20-15-9-7-6-8-14(15)19(5)17(20)22/h6-9,12-13H,10-11H2,1-5H3. The van der Waals surface area contributed by atoms with Crippen molar-refractivity contribution in [1.29, 1.82) is 0 Å². The fourth-order valence-corrected chi connectivity index (χ4v) is 2.85. The second kappa shape index (κ2) is 6.38. The Morgan fingerprint density at radius 1 is 1.18 bits per heavy atom. The van der Waals surface area contributed by atoms with Crippen LogP contribution in [0.5, 0.6) is 0 Å². The van der Waals surface area contributed by atoms with Crippen molar-refractivity contribution >= 4 is 16.9 Å². The minimum atomic E-state index is -0.153. The molecule has 0 fully saturated rings. The van der Waals surface area contributed by atoms with Crippen LogP contribution in [0.1, 0.15) is 27.2 Å². The Balaban J connectivity index is 2.26. The lowest BCUT2D eigenvalue weighted by Crippen LogP contribution is -2.39. The van der Waals surface area contributed by atoms with Gasteiger partial charge in [-0.2, -0.15) is 0 Å². The predicted molar refractivity (Wildman–Crippen MR) is 88.9 cm³/mol. The van der Waals surface area contributed by atoms with Crippen molar-refractivity contribution in [2.45, 2.75) is 39.8 Å². The molecule has 1 aromatic carbocycles. The van der Waals surface area contributed by atoms with Crippen LogP contribution in [0.4, 0.5) is 0 Å². The lowest BCUT2D eigenvalue weighted by Gasteiger charge is -2.26. The molecule has 5 nitrogen and oxygen atoms in total. The molecule has 0 aliphatic rings. The van der Waals surface area contributed by atoms with E-state index in [1.807, 2.05) is 38.2 Å². The summed E-state index contributed by atoms with van der Waals surface area (Å²) in [5, 5.41) is 0. The fourth-order valence-electron chi connectivity index (χ4n) is 2.85. The number of aromatic nitrogens is 2. The van der Waals surface area contributed by atoms with Gasteiger partial charge in [0.2, 0.25) is 5.91 Å². The van der Waals surface area contributed by atoms with Crippen LogP contribution in [0.25, 0.3) is 11.0 Å². The second-order valence-corrected chi connectivity index (χ2v) is 6.40. The van der Waals surface area contributed by atoms with E-state index in [1.165, 1.54) is 0 Å². The Bertz CT molecular complexity index is 727. The lowest BCUT2D eigenvalue weighted by atomic mass is 10.0. The lowest BCUT2D eigenvalue weighted by molar-refractivity contribution is -0.132. The zero-order valence-corrected chi connectivity index (χ0v) is 14.0. The third kappa shape index (κ3) is 3.08. The van der Waals surface area contributed by atoms with Crippen LogP contribution in [0.15, 0.2) is 29.1 Å². The molecule has 0 spiro atoms. The molecular formula is C17H25N3O2. The van der Waals surface area contributed by atoms with Crippen molar-refractivity contribution in [3.63, 3.8) is 0 Å². The highest BCUT2D eigenvalue weighted by Crippen LogP contribution is 2.13. The summed E-state index contributed by atoms with van der Waals surface area (Å²) < 4.78 is 3.14. The molecule has 0 aliphatic heterocycles. The summed E-state index contributed by atoms with van der Waals surface area (Å²) in [4.78, 5) is 26.6. The zero-order chi connectivity index (χ0) is 16.4. The SMILES string of the molecule is CC(C)CC(C)N(C)C(=O)Cn1c(=O)n(C)c2ccccc21. The molecule has 1 aromatic heterocycles. The molecule has 0 N–H and O–H groups in total. The first-order valence-electron chi connectivity index (χ1n) is 7.72. The molecular weight excluding hydrogens is 278 g/mol. The molecule has 2 aromatic rings. The molecule has 1 heterocycles. The van der Waals surface area contributed by atoms with Crippen LogP contribution >= 0.6 is 0 Å². The summed E-state index contributed by atoms with van der Waals surface area (Å²) in [5.74, 6) is 0.497. The van der Waals surface area contributed by atoms with Crippen LogP contribution in [0, 0.1) is 5.92 Å². The molecule has 0 saturated heterocycles. The number of hydrogen-bond donors (Lipinski definition) is 0. The molecule has 1 amide bonds. The number of likely N-dealkylation sites (N-methyl/N-ethyl adjacent to an activating group) is 1. The number of carbonyl (C=O) groups excluding carboxylic acids is 1. The molecule has 22 heavy (non-hydrogen) atoms. The van der Waals surface area contributed by atoms with Gasteiger partial charge in [0.05, 0.1) is 11.0 Å². The number of imidazole rings is 1. The first-order chi connectivity index (χ1) is 10.3. The van der Waals surface area contributed by atoms with Crippen molar-refractivity contribution in [3.8, 4) is 0 Å². The summed E-state index contributed by atoms with van der Waals surface area (Å²) in [5.41, 5.74) is 1.49. The zero-order valence-electron chi connectivity index (χ0n) is 14.0. The van der Waals surface area contributed by atoms with Crippen LogP contribution in [0.3, 0.4) is 0 Å². The van der Waals surface area contributed by atoms with Crippen molar-refractivity contribution < 1.29 is 4.79 Å². The van der Waals surface area contributed by atoms with Gasteiger partial charge in [0.25, 0.3) is 0 Å². The van der Waals surface area contributed by atoms with Gasteiger partial charge in [0.15, 0.2) is 0 Å². The van der Waals surface area contributed by atoms with E-state index in [0.29, 0.717) is 5.92 Å². The smallest absolute Gasteiger partial charge is 0.329 e. The minimum absolute atomic E-state index is 0.0356. The van der Waals surface area contributed by atoms with Crippen LogP contribution in [-0.4, -0.2) is 33.0 Å². The Morgan fingerprint density at radius 3 is 2.36 bits per heavy atom. The van der Waals surface area contributed by atoms with Crippen LogP contribution in [0.2, 0.25) is 0 Å². The van der Waals surface area contributed by atoms with E-state index in [1.54, 1.807) is 21.1 Å². The Morgan fingerprint density at radius 2 is 1.77 bits per heavy atom. The first kappa shape index (κ1) is 16.3. The van der Waals surface area contributed by atoms with Crippen molar-refractivity contribution in [2.24, 2.45) is 13.0 Å². The van der Waals surface area contributed by atoms with E-state index in [4.69, 9.17) is 0 Å². The molecule has 1 unspecified atom stereocenters. The number of rotatable bonds is 5. The minimum Gasteiger partial charge on any atom is -0.341 e. The summed E-state index contributed by atoms with van der Waals surface area (Å²) >= 11 is 0. The molecule has 120 valence electrons. The van der Waals surface area contributed by atoms with Crippen molar-refractivity contribution in [3.05, 3.63) is 34.7 Å². The van der Waals surface area contributed by atoms with Gasteiger partial charge in [0, 0.05) is 20.1 Å². The highest BCUT2D eigenvalue weighted by atomic mass is 16.2. The molecule has 5 heteroatoms. The number of para-hydroxylation sites is 2. The number of amides is 1. The summed E-state index contributed by atoms with van der Waals surface area (Å²) in [6, 6.07) is 7.71. The van der Waals surface area contributed by atoms with E-state index in [9.17, 15) is 9.59 Å². The number of hydrogen-bond acceptors (Lipinski definition) is 2. The molecule has 2 rings (SSSR count). The summed E-state index contributed by atoms with van der Waals surface area (Å²) in [6.07, 6.45) is 0.951. The average molecular weight is 303 g/mol. The molecule has 1 atom stereocenters. The van der Waals surface area contributed by atoms with Crippen LogP contribution < -0.4 is 5.69 Å². The predicted octanol–water partition coefficient (Wildman–Crippen LogP) is 2.23. The fraction of sp³-hybridized carbons (Fsp3) is 0.529. The monoisotopic (exact) mass is 303 g/mol. The largest absolute Gasteiger partial charge is 0.341 e. The van der Waals surface area contributed by atoms with Gasteiger partial charge in [-0.3, -0.25) is 13.9 Å². The van der Waals surface area contributed by atoms with Gasteiger partial charge in [-0.1, -0.05) is 26.0 Å². The second-order valence-electron chi connectivity index (χ2n) is 6.40. The van der Waals surface area contributed by atoms with Crippen LogP contribution in [-0.2, 0) is 18.4 Å². The number of aryl methyl sites for hydroxylation is 1. The average Bonchev–Trinajstić information content (AvgIpc) is 2.71. The quantitative estimate of drug-likeness (QED) is 0.850. The van der Waals surface area contributed by atoms with Gasteiger partial charge in [-0.25, -0.2) is 4.79 Å². The van der Waals surface area contributed by atoms with E-state index >= 15 is 0 Å². The van der Waals surface area contributed by atoms with Crippen molar-refractivity contribution in [1.82, 2.24) is 14.0 Å². The van der Waals surface area contributed by atoms with E-state index in [2.05, 4.69) is 13.8 Å². The highest BCUT2D eigenvalue weighted by molar-refractivity contribution is 5.81. The third-order valence-corrected chi connectivity index (χ3v) is 4.21. The molecule has 0 bridgehead atoms. The van der Waals surface area contributed by atoms with E-state index < -0.39 is 0 Å². The number of fused-ring (bicyclic) bond motifs is 1. The first-order valence-corrected chi connectivity index (χ1v) is 7.72. The highest BCUT2D eigenvalue weighted by Gasteiger charge is 2.19. The molecule has 0 aliphatic carbocycles. The number of nitrogens with zero attached hydrogens (tertiary/aromatic N) is 3. The van der Waals surface area contributed by atoms with Gasteiger partial charge < -0.3 is 4.90 Å². The maximum Gasteiger partial charge on any atom is 0.329 e. The molecule has 0 radical (unpaired) electrons. The third-order valence-electron chi connectivity index (χ3n) is 4.21. The maximum absolute atomic E-state index is 12.5. The Kier molecular flexibility index (Phi) is 4.74.